The Balaban J connectivity index is 1.50. The Kier molecular flexibility index (Phi) is 5.72. The Morgan fingerprint density at radius 1 is 1.14 bits per heavy atom. The summed E-state index contributed by atoms with van der Waals surface area (Å²) in [6.45, 7) is 4.66. The fraction of sp³-hybridized carbons (Fsp3) is 0.455. The SMILES string of the molecule is Cc1ccc(C(=O)N[C@@]2(C(=O)Nc3ccc4c(c3)CCN(C)CC4)CCOC2)s1. The number of nitrogens with zero attached hydrogens (tertiary/aromatic N) is 1. The van der Waals surface area contributed by atoms with Crippen molar-refractivity contribution in [3.63, 3.8) is 0 Å². The lowest BCUT2D eigenvalue weighted by Gasteiger charge is -2.27. The van der Waals surface area contributed by atoms with Gasteiger partial charge in [-0.15, -0.1) is 11.3 Å². The molecule has 1 fully saturated rings. The van der Waals surface area contributed by atoms with E-state index in [-0.39, 0.29) is 18.4 Å². The second-order valence-electron chi connectivity index (χ2n) is 7.99. The van der Waals surface area contributed by atoms with Gasteiger partial charge >= 0.3 is 0 Å². The van der Waals surface area contributed by atoms with Gasteiger partial charge in [-0.2, -0.15) is 0 Å². The van der Waals surface area contributed by atoms with Gasteiger partial charge in [0, 0.05) is 36.7 Å². The predicted octanol–water partition coefficient (Wildman–Crippen LogP) is 2.61. The minimum atomic E-state index is -1.04. The first-order valence-electron chi connectivity index (χ1n) is 10.0. The highest BCUT2D eigenvalue weighted by atomic mass is 32.1. The summed E-state index contributed by atoms with van der Waals surface area (Å²) in [6, 6.07) is 9.83. The van der Waals surface area contributed by atoms with E-state index in [2.05, 4.69) is 34.7 Å². The Bertz CT molecular complexity index is 918. The third-order valence-corrected chi connectivity index (χ3v) is 6.76. The minimum absolute atomic E-state index is 0.185. The molecule has 4 rings (SSSR count). The topological polar surface area (TPSA) is 70.7 Å². The molecule has 2 aliphatic rings. The van der Waals surface area contributed by atoms with Gasteiger partial charge < -0.3 is 20.3 Å². The maximum atomic E-state index is 13.2. The maximum absolute atomic E-state index is 13.2. The summed E-state index contributed by atoms with van der Waals surface area (Å²) in [5, 5.41) is 5.97. The van der Waals surface area contributed by atoms with Crippen molar-refractivity contribution in [1.82, 2.24) is 10.2 Å². The van der Waals surface area contributed by atoms with E-state index in [4.69, 9.17) is 4.74 Å². The molecule has 1 atom stereocenters. The van der Waals surface area contributed by atoms with E-state index < -0.39 is 5.54 Å². The van der Waals surface area contributed by atoms with E-state index >= 15 is 0 Å². The third-order valence-electron chi connectivity index (χ3n) is 5.76. The van der Waals surface area contributed by atoms with E-state index in [0.717, 1.165) is 36.5 Å². The van der Waals surface area contributed by atoms with Crippen LogP contribution in [0.15, 0.2) is 30.3 Å². The molecule has 29 heavy (non-hydrogen) atoms. The first-order chi connectivity index (χ1) is 13.9. The van der Waals surface area contributed by atoms with Crippen molar-refractivity contribution in [1.29, 1.82) is 0 Å². The van der Waals surface area contributed by atoms with Gasteiger partial charge in [-0.25, -0.2) is 0 Å². The number of amides is 2. The zero-order chi connectivity index (χ0) is 20.4. The van der Waals surface area contributed by atoms with Crippen LogP contribution in [-0.4, -0.2) is 55.6 Å². The molecule has 2 aliphatic heterocycles. The molecule has 0 aliphatic carbocycles. The molecular formula is C22H27N3O3S. The normalized spacial score (nSPS) is 22.0. The van der Waals surface area contributed by atoms with Crippen molar-refractivity contribution >= 4 is 28.8 Å². The Hall–Kier alpha value is -2.22. The van der Waals surface area contributed by atoms with E-state index in [1.165, 1.54) is 22.5 Å². The molecule has 2 aromatic rings. The lowest BCUT2D eigenvalue weighted by molar-refractivity contribution is -0.122. The van der Waals surface area contributed by atoms with Gasteiger partial charge in [0.2, 0.25) is 0 Å². The average Bonchev–Trinajstić information content (AvgIpc) is 3.31. The molecule has 6 nitrogen and oxygen atoms in total. The quantitative estimate of drug-likeness (QED) is 0.808. The van der Waals surface area contributed by atoms with Crippen molar-refractivity contribution in [2.75, 3.05) is 38.7 Å². The third kappa shape index (κ3) is 4.37. The Morgan fingerprint density at radius 3 is 2.62 bits per heavy atom. The highest BCUT2D eigenvalue weighted by Crippen LogP contribution is 2.25. The van der Waals surface area contributed by atoms with Crippen LogP contribution in [0, 0.1) is 6.92 Å². The van der Waals surface area contributed by atoms with Gasteiger partial charge in [0.25, 0.3) is 11.8 Å². The van der Waals surface area contributed by atoms with Gasteiger partial charge in [0.1, 0.15) is 5.54 Å². The Morgan fingerprint density at radius 2 is 1.93 bits per heavy atom. The maximum Gasteiger partial charge on any atom is 0.262 e. The van der Waals surface area contributed by atoms with Gasteiger partial charge in [-0.1, -0.05) is 6.07 Å². The van der Waals surface area contributed by atoms with Crippen LogP contribution >= 0.6 is 11.3 Å². The van der Waals surface area contributed by atoms with E-state index in [1.807, 2.05) is 19.1 Å². The van der Waals surface area contributed by atoms with Crippen molar-refractivity contribution < 1.29 is 14.3 Å². The van der Waals surface area contributed by atoms with Gasteiger partial charge in [-0.05, 0) is 62.2 Å². The monoisotopic (exact) mass is 413 g/mol. The minimum Gasteiger partial charge on any atom is -0.378 e. The van der Waals surface area contributed by atoms with E-state index in [0.29, 0.717) is 17.9 Å². The largest absolute Gasteiger partial charge is 0.378 e. The number of nitrogens with one attached hydrogen (secondary N) is 2. The second-order valence-corrected chi connectivity index (χ2v) is 9.28. The number of fused-ring (bicyclic) bond motifs is 1. The first kappa shape index (κ1) is 20.1. The number of hydrogen-bond acceptors (Lipinski definition) is 5. The number of hydrogen-bond donors (Lipinski definition) is 2. The van der Waals surface area contributed by atoms with Crippen LogP contribution in [0.4, 0.5) is 5.69 Å². The fourth-order valence-electron chi connectivity index (χ4n) is 3.90. The number of carbonyl (C=O) groups is 2. The van der Waals surface area contributed by atoms with Crippen LogP contribution in [0.5, 0.6) is 0 Å². The predicted molar refractivity (Wildman–Crippen MR) is 115 cm³/mol. The molecular weight excluding hydrogens is 386 g/mol. The fourth-order valence-corrected chi connectivity index (χ4v) is 4.66. The second kappa shape index (κ2) is 8.26. The average molecular weight is 414 g/mol. The lowest BCUT2D eigenvalue weighted by Crippen LogP contribution is -2.57. The number of anilines is 1. The molecule has 154 valence electrons. The molecule has 7 heteroatoms. The number of aryl methyl sites for hydroxylation is 1. The van der Waals surface area contributed by atoms with Crippen LogP contribution < -0.4 is 10.6 Å². The van der Waals surface area contributed by atoms with E-state index in [9.17, 15) is 9.59 Å². The summed E-state index contributed by atoms with van der Waals surface area (Å²) in [6.07, 6.45) is 2.46. The van der Waals surface area contributed by atoms with Gasteiger partial charge in [0.15, 0.2) is 0 Å². The first-order valence-corrected chi connectivity index (χ1v) is 10.9. The molecule has 1 saturated heterocycles. The number of benzene rings is 1. The molecule has 2 amide bonds. The number of rotatable bonds is 4. The zero-order valence-corrected chi connectivity index (χ0v) is 17.7. The molecule has 1 aromatic heterocycles. The molecule has 0 unspecified atom stereocenters. The zero-order valence-electron chi connectivity index (χ0n) is 16.9. The molecule has 3 heterocycles. The molecule has 0 saturated carbocycles. The van der Waals surface area contributed by atoms with Crippen LogP contribution in [0.1, 0.15) is 32.1 Å². The molecule has 2 N–H and O–H groups in total. The van der Waals surface area contributed by atoms with Crippen molar-refractivity contribution in [2.45, 2.75) is 31.7 Å². The molecule has 0 spiro atoms. The Labute approximate surface area is 175 Å². The van der Waals surface area contributed by atoms with Crippen LogP contribution in [0.25, 0.3) is 0 Å². The van der Waals surface area contributed by atoms with Crippen molar-refractivity contribution in [3.8, 4) is 0 Å². The van der Waals surface area contributed by atoms with Gasteiger partial charge in [0.05, 0.1) is 11.5 Å². The van der Waals surface area contributed by atoms with Crippen LogP contribution in [-0.2, 0) is 22.4 Å². The van der Waals surface area contributed by atoms with Crippen LogP contribution in [0.3, 0.4) is 0 Å². The molecule has 0 bridgehead atoms. The summed E-state index contributed by atoms with van der Waals surface area (Å²) in [7, 11) is 2.14. The van der Waals surface area contributed by atoms with Gasteiger partial charge in [-0.3, -0.25) is 9.59 Å². The van der Waals surface area contributed by atoms with Crippen LogP contribution in [0.2, 0.25) is 0 Å². The number of ether oxygens (including phenoxy) is 1. The van der Waals surface area contributed by atoms with Crippen molar-refractivity contribution in [2.24, 2.45) is 0 Å². The molecule has 1 aromatic carbocycles. The van der Waals surface area contributed by atoms with Crippen molar-refractivity contribution in [3.05, 3.63) is 51.2 Å². The number of thiophene rings is 1. The summed E-state index contributed by atoms with van der Waals surface area (Å²) in [5.41, 5.74) is 2.35. The number of likely N-dealkylation sites (N-methyl/N-ethyl adjacent to an activating group) is 1. The summed E-state index contributed by atoms with van der Waals surface area (Å²) < 4.78 is 5.50. The summed E-state index contributed by atoms with van der Waals surface area (Å²) in [5.74, 6) is -0.448. The smallest absolute Gasteiger partial charge is 0.262 e. The molecule has 0 radical (unpaired) electrons. The van der Waals surface area contributed by atoms with E-state index in [1.54, 1.807) is 6.07 Å². The lowest BCUT2D eigenvalue weighted by atomic mass is 9.96. The number of carbonyl (C=O) groups excluding carboxylic acids is 2. The summed E-state index contributed by atoms with van der Waals surface area (Å²) in [4.78, 5) is 29.9. The highest BCUT2D eigenvalue weighted by Gasteiger charge is 2.44. The summed E-state index contributed by atoms with van der Waals surface area (Å²) >= 11 is 1.42. The standard InChI is InChI=1S/C22H27N3O3S/c1-15-3-6-19(29-15)20(26)24-22(9-12-28-14-22)21(27)23-18-5-4-16-7-10-25(2)11-8-17(16)13-18/h3-6,13H,7-12,14H2,1-2H3,(H,23,27)(H,24,26)/t22-/m0/s1. The highest BCUT2D eigenvalue weighted by molar-refractivity contribution is 7.13.